The maximum atomic E-state index is 12.3. The van der Waals surface area contributed by atoms with E-state index in [2.05, 4.69) is 0 Å². The van der Waals surface area contributed by atoms with Gasteiger partial charge in [-0.3, -0.25) is 9.59 Å². The van der Waals surface area contributed by atoms with Crippen molar-refractivity contribution in [2.45, 2.75) is 26.8 Å². The molecule has 0 atom stereocenters. The largest absolute Gasteiger partial charge is 0.308 e. The molecule has 2 rings (SSSR count). The first-order chi connectivity index (χ1) is 9.52. The molecule has 0 aliphatic heterocycles. The van der Waals surface area contributed by atoms with E-state index in [1.807, 2.05) is 44.2 Å². The Hall–Kier alpha value is -1.87. The standard InChI is InChI=1S/C16H16ClNO2/c1-3-18-14(12-6-4-11(2)5-7-12)9-8-13(16(18)20)10-15(17)19/h4-9H,3,10H2,1-2H3. The molecule has 1 aromatic heterocycles. The number of hydrogen-bond acceptors (Lipinski definition) is 2. The topological polar surface area (TPSA) is 39.1 Å². The second-order valence-electron chi connectivity index (χ2n) is 4.69. The van der Waals surface area contributed by atoms with E-state index >= 15 is 0 Å². The van der Waals surface area contributed by atoms with Gasteiger partial charge in [0.15, 0.2) is 0 Å². The molecule has 0 N–H and O–H groups in total. The first-order valence-electron chi connectivity index (χ1n) is 6.51. The van der Waals surface area contributed by atoms with Crippen LogP contribution in [0.5, 0.6) is 0 Å². The number of carbonyl (C=O) groups excluding carboxylic acids is 1. The van der Waals surface area contributed by atoms with Crippen molar-refractivity contribution in [1.29, 1.82) is 0 Å². The summed E-state index contributed by atoms with van der Waals surface area (Å²) in [5.41, 5.74) is 3.28. The highest BCUT2D eigenvalue weighted by atomic mass is 35.5. The van der Waals surface area contributed by atoms with Crippen LogP contribution in [-0.4, -0.2) is 9.81 Å². The van der Waals surface area contributed by atoms with Crippen LogP contribution in [0.2, 0.25) is 0 Å². The van der Waals surface area contributed by atoms with Crippen LogP contribution in [-0.2, 0) is 17.8 Å². The molecule has 0 radical (unpaired) electrons. The molecule has 1 aromatic carbocycles. The number of rotatable bonds is 4. The molecule has 20 heavy (non-hydrogen) atoms. The monoisotopic (exact) mass is 289 g/mol. The van der Waals surface area contributed by atoms with Crippen LogP contribution < -0.4 is 5.56 Å². The zero-order valence-corrected chi connectivity index (χ0v) is 12.3. The summed E-state index contributed by atoms with van der Waals surface area (Å²) in [5, 5.41) is -0.521. The second-order valence-corrected chi connectivity index (χ2v) is 5.11. The summed E-state index contributed by atoms with van der Waals surface area (Å²) >= 11 is 5.37. The smallest absolute Gasteiger partial charge is 0.254 e. The number of aryl methyl sites for hydroxylation is 1. The molecule has 0 saturated carbocycles. The van der Waals surface area contributed by atoms with Gasteiger partial charge in [0.25, 0.3) is 5.56 Å². The van der Waals surface area contributed by atoms with E-state index in [0.29, 0.717) is 12.1 Å². The number of halogens is 1. The molecule has 1 heterocycles. The molecule has 2 aromatic rings. The number of carbonyl (C=O) groups is 1. The van der Waals surface area contributed by atoms with Crippen molar-refractivity contribution in [3.63, 3.8) is 0 Å². The molecule has 0 bridgehead atoms. The summed E-state index contributed by atoms with van der Waals surface area (Å²) in [6.45, 7) is 4.48. The third-order valence-electron chi connectivity index (χ3n) is 3.25. The summed E-state index contributed by atoms with van der Waals surface area (Å²) in [6.07, 6.45) is -0.0332. The van der Waals surface area contributed by atoms with Crippen LogP contribution in [0.25, 0.3) is 11.3 Å². The zero-order chi connectivity index (χ0) is 14.7. The van der Waals surface area contributed by atoms with Gasteiger partial charge in [0.1, 0.15) is 0 Å². The first kappa shape index (κ1) is 14.5. The average molecular weight is 290 g/mol. The van der Waals surface area contributed by atoms with Crippen LogP contribution >= 0.6 is 11.6 Å². The van der Waals surface area contributed by atoms with Crippen molar-refractivity contribution >= 4 is 16.8 Å². The van der Waals surface area contributed by atoms with Gasteiger partial charge in [-0.1, -0.05) is 35.9 Å². The lowest BCUT2D eigenvalue weighted by molar-refractivity contribution is -0.111. The Morgan fingerprint density at radius 2 is 1.80 bits per heavy atom. The lowest BCUT2D eigenvalue weighted by atomic mass is 10.1. The van der Waals surface area contributed by atoms with E-state index in [4.69, 9.17) is 11.6 Å². The highest BCUT2D eigenvalue weighted by Crippen LogP contribution is 2.19. The predicted molar refractivity (Wildman–Crippen MR) is 81.1 cm³/mol. The Bertz CT molecular complexity index is 687. The number of benzene rings is 1. The predicted octanol–water partition coefficient (Wildman–Crippen LogP) is 3.15. The van der Waals surface area contributed by atoms with Crippen LogP contribution in [0.4, 0.5) is 0 Å². The summed E-state index contributed by atoms with van der Waals surface area (Å²) in [5.74, 6) is 0. The van der Waals surface area contributed by atoms with E-state index in [1.54, 1.807) is 10.6 Å². The Morgan fingerprint density at radius 1 is 1.15 bits per heavy atom. The number of aromatic nitrogens is 1. The third kappa shape index (κ3) is 2.99. The number of hydrogen-bond donors (Lipinski definition) is 0. The SMILES string of the molecule is CCn1c(-c2ccc(C)cc2)ccc(CC(=O)Cl)c1=O. The molecule has 0 fully saturated rings. The van der Waals surface area contributed by atoms with Gasteiger partial charge < -0.3 is 4.57 Å². The molecule has 0 unspecified atom stereocenters. The Kier molecular flexibility index (Phi) is 4.40. The molecule has 4 heteroatoms. The number of pyridine rings is 1. The molecular weight excluding hydrogens is 274 g/mol. The Labute approximate surface area is 122 Å². The molecule has 0 spiro atoms. The van der Waals surface area contributed by atoms with Crippen molar-refractivity contribution in [1.82, 2.24) is 4.57 Å². The quantitative estimate of drug-likeness (QED) is 0.811. The maximum Gasteiger partial charge on any atom is 0.254 e. The van der Waals surface area contributed by atoms with Gasteiger partial charge in [0.05, 0.1) is 12.1 Å². The van der Waals surface area contributed by atoms with E-state index in [-0.39, 0.29) is 12.0 Å². The minimum Gasteiger partial charge on any atom is -0.308 e. The van der Waals surface area contributed by atoms with Crippen molar-refractivity contribution in [2.24, 2.45) is 0 Å². The lowest BCUT2D eigenvalue weighted by Crippen LogP contribution is -2.25. The molecule has 0 aliphatic carbocycles. The van der Waals surface area contributed by atoms with E-state index in [9.17, 15) is 9.59 Å². The normalized spacial score (nSPS) is 10.6. The fourth-order valence-corrected chi connectivity index (χ4v) is 2.34. The van der Waals surface area contributed by atoms with Gasteiger partial charge in [-0.05, 0) is 37.1 Å². The Morgan fingerprint density at radius 3 is 2.35 bits per heavy atom. The van der Waals surface area contributed by atoms with Gasteiger partial charge in [0, 0.05) is 12.1 Å². The van der Waals surface area contributed by atoms with Crippen LogP contribution in [0.15, 0.2) is 41.2 Å². The van der Waals surface area contributed by atoms with E-state index in [1.165, 1.54) is 5.56 Å². The van der Waals surface area contributed by atoms with Gasteiger partial charge >= 0.3 is 0 Å². The molecule has 0 aliphatic rings. The maximum absolute atomic E-state index is 12.3. The second kappa shape index (κ2) is 6.06. The fraction of sp³-hybridized carbons (Fsp3) is 0.250. The Balaban J connectivity index is 2.55. The minimum atomic E-state index is -0.521. The summed E-state index contributed by atoms with van der Waals surface area (Å²) in [4.78, 5) is 23.3. The van der Waals surface area contributed by atoms with Gasteiger partial charge in [-0.25, -0.2) is 0 Å². The highest BCUT2D eigenvalue weighted by Gasteiger charge is 2.11. The molecule has 0 amide bonds. The summed E-state index contributed by atoms with van der Waals surface area (Å²) in [6, 6.07) is 11.5. The van der Waals surface area contributed by atoms with E-state index in [0.717, 1.165) is 11.3 Å². The summed E-state index contributed by atoms with van der Waals surface area (Å²) < 4.78 is 1.67. The lowest BCUT2D eigenvalue weighted by Gasteiger charge is -2.13. The number of nitrogens with zero attached hydrogens (tertiary/aromatic N) is 1. The van der Waals surface area contributed by atoms with Crippen molar-refractivity contribution in [3.8, 4) is 11.3 Å². The third-order valence-corrected chi connectivity index (χ3v) is 3.38. The average Bonchev–Trinajstić information content (AvgIpc) is 2.41. The van der Waals surface area contributed by atoms with Crippen LogP contribution in [0.1, 0.15) is 18.1 Å². The minimum absolute atomic E-state index is 0.0332. The van der Waals surface area contributed by atoms with Gasteiger partial charge in [0.2, 0.25) is 5.24 Å². The molecular formula is C16H16ClNO2. The zero-order valence-electron chi connectivity index (χ0n) is 11.5. The first-order valence-corrected chi connectivity index (χ1v) is 6.88. The van der Waals surface area contributed by atoms with E-state index < -0.39 is 5.24 Å². The van der Waals surface area contributed by atoms with Crippen LogP contribution in [0, 0.1) is 6.92 Å². The highest BCUT2D eigenvalue weighted by molar-refractivity contribution is 6.63. The van der Waals surface area contributed by atoms with Crippen molar-refractivity contribution in [3.05, 3.63) is 57.9 Å². The van der Waals surface area contributed by atoms with Crippen LogP contribution in [0.3, 0.4) is 0 Å². The molecule has 104 valence electrons. The summed E-state index contributed by atoms with van der Waals surface area (Å²) in [7, 11) is 0. The molecule has 0 saturated heterocycles. The van der Waals surface area contributed by atoms with Gasteiger partial charge in [-0.2, -0.15) is 0 Å². The van der Waals surface area contributed by atoms with Crippen molar-refractivity contribution < 1.29 is 4.79 Å². The van der Waals surface area contributed by atoms with Crippen molar-refractivity contribution in [2.75, 3.05) is 0 Å². The van der Waals surface area contributed by atoms with Gasteiger partial charge in [-0.15, -0.1) is 0 Å². The fourth-order valence-electron chi connectivity index (χ4n) is 2.20. The molecule has 3 nitrogen and oxygen atoms in total.